The van der Waals surface area contributed by atoms with Gasteiger partial charge in [0.05, 0.1) is 12.2 Å². The molecule has 2 aromatic rings. The molecule has 0 spiro atoms. The third-order valence-electron chi connectivity index (χ3n) is 6.72. The smallest absolute Gasteiger partial charge is 0.262 e. The number of nitrogens with one attached hydrogen (secondary N) is 1. The first-order valence-electron chi connectivity index (χ1n) is 11.9. The van der Waals surface area contributed by atoms with Crippen molar-refractivity contribution in [2.45, 2.75) is 63.2 Å². The summed E-state index contributed by atoms with van der Waals surface area (Å²) in [4.78, 5) is 19.5. The van der Waals surface area contributed by atoms with Gasteiger partial charge in [0.2, 0.25) is 5.91 Å². The minimum absolute atomic E-state index is 0.0240. The fraction of sp³-hybridized carbons (Fsp3) is 0.583. The molecular weight excluding hydrogens is 438 g/mol. The first-order chi connectivity index (χ1) is 15.8. The SMILES string of the molecule is CC(C)n1cnc(S(=O)(=O)N2CCC[C@@H](C(=O)NC3CCN(Cc4ccccc4)CC3)C2)c1. The van der Waals surface area contributed by atoms with Crippen LogP contribution in [0.15, 0.2) is 47.9 Å². The Morgan fingerprint density at radius 2 is 1.85 bits per heavy atom. The summed E-state index contributed by atoms with van der Waals surface area (Å²) in [6, 6.07) is 10.7. The third kappa shape index (κ3) is 5.83. The second-order valence-corrected chi connectivity index (χ2v) is 11.4. The summed E-state index contributed by atoms with van der Waals surface area (Å²) in [5.41, 5.74) is 1.31. The van der Waals surface area contributed by atoms with E-state index in [0.717, 1.165) is 32.5 Å². The van der Waals surface area contributed by atoms with Crippen molar-refractivity contribution in [1.29, 1.82) is 0 Å². The number of piperidine rings is 2. The molecule has 2 fully saturated rings. The lowest BCUT2D eigenvalue weighted by Gasteiger charge is -2.35. The number of sulfonamides is 1. The second kappa shape index (κ2) is 10.4. The van der Waals surface area contributed by atoms with Crippen molar-refractivity contribution < 1.29 is 13.2 Å². The largest absolute Gasteiger partial charge is 0.353 e. The van der Waals surface area contributed by atoms with Gasteiger partial charge < -0.3 is 9.88 Å². The quantitative estimate of drug-likeness (QED) is 0.668. The van der Waals surface area contributed by atoms with Crippen LogP contribution in [-0.2, 0) is 21.4 Å². The van der Waals surface area contributed by atoms with E-state index in [4.69, 9.17) is 0 Å². The Kier molecular flexibility index (Phi) is 7.51. The van der Waals surface area contributed by atoms with Crippen LogP contribution in [0.1, 0.15) is 51.1 Å². The van der Waals surface area contributed by atoms with Crippen molar-refractivity contribution in [3.05, 3.63) is 48.4 Å². The molecule has 8 nitrogen and oxygen atoms in total. The topological polar surface area (TPSA) is 87.5 Å². The zero-order chi connectivity index (χ0) is 23.4. The van der Waals surface area contributed by atoms with Crippen LogP contribution >= 0.6 is 0 Å². The zero-order valence-corrected chi connectivity index (χ0v) is 20.4. The lowest BCUT2D eigenvalue weighted by Crippen LogP contribution is -2.50. The molecule has 0 bridgehead atoms. The summed E-state index contributed by atoms with van der Waals surface area (Å²) in [7, 11) is -3.70. The number of imidazole rings is 1. The number of amides is 1. The molecule has 9 heteroatoms. The maximum absolute atomic E-state index is 13.1. The molecule has 2 aliphatic heterocycles. The molecule has 0 saturated carbocycles. The summed E-state index contributed by atoms with van der Waals surface area (Å²) >= 11 is 0. The predicted molar refractivity (Wildman–Crippen MR) is 127 cm³/mol. The lowest BCUT2D eigenvalue weighted by molar-refractivity contribution is -0.127. The fourth-order valence-corrected chi connectivity index (χ4v) is 6.08. The predicted octanol–water partition coefficient (Wildman–Crippen LogP) is 2.65. The molecule has 3 heterocycles. The molecule has 0 unspecified atom stereocenters. The van der Waals surface area contributed by atoms with Crippen LogP contribution < -0.4 is 5.32 Å². The van der Waals surface area contributed by atoms with Crippen molar-refractivity contribution >= 4 is 15.9 Å². The van der Waals surface area contributed by atoms with Gasteiger partial charge in [-0.05, 0) is 45.1 Å². The van der Waals surface area contributed by atoms with Crippen molar-refractivity contribution in [3.63, 3.8) is 0 Å². The maximum Gasteiger partial charge on any atom is 0.262 e. The highest BCUT2D eigenvalue weighted by Crippen LogP contribution is 2.24. The second-order valence-electron chi connectivity index (χ2n) is 9.50. The van der Waals surface area contributed by atoms with E-state index in [0.29, 0.717) is 19.4 Å². The fourth-order valence-electron chi connectivity index (χ4n) is 4.64. The number of carbonyl (C=O) groups is 1. The molecule has 0 aliphatic carbocycles. The molecule has 1 N–H and O–H groups in total. The summed E-state index contributed by atoms with van der Waals surface area (Å²) in [6.45, 7) is 7.43. The summed E-state index contributed by atoms with van der Waals surface area (Å²) in [5.74, 6) is -0.341. The van der Waals surface area contributed by atoms with Gasteiger partial charge in [-0.15, -0.1) is 0 Å². The molecule has 1 aromatic heterocycles. The molecule has 0 radical (unpaired) electrons. The van der Waals surface area contributed by atoms with Crippen LogP contribution in [0, 0.1) is 5.92 Å². The summed E-state index contributed by atoms with van der Waals surface area (Å²) < 4.78 is 29.4. The number of likely N-dealkylation sites (tertiary alicyclic amines) is 1. The molecular formula is C24H35N5O3S. The normalized spacial score (nSPS) is 21.4. The number of rotatable bonds is 7. The van der Waals surface area contributed by atoms with E-state index in [1.807, 2.05) is 19.9 Å². The van der Waals surface area contributed by atoms with Crippen molar-refractivity contribution in [1.82, 2.24) is 24.1 Å². The number of hydrogen-bond acceptors (Lipinski definition) is 5. The number of aromatic nitrogens is 2. The Balaban J connectivity index is 1.29. The van der Waals surface area contributed by atoms with Crippen molar-refractivity contribution in [2.24, 2.45) is 5.92 Å². The summed E-state index contributed by atoms with van der Waals surface area (Å²) in [6.07, 6.45) is 6.35. The van der Waals surface area contributed by atoms with Crippen molar-refractivity contribution in [2.75, 3.05) is 26.2 Å². The third-order valence-corrected chi connectivity index (χ3v) is 8.47. The highest BCUT2D eigenvalue weighted by Gasteiger charge is 2.35. The summed E-state index contributed by atoms with van der Waals surface area (Å²) in [5, 5.41) is 3.26. The molecule has 4 rings (SSSR count). The van der Waals surface area contributed by atoms with Gasteiger partial charge in [0, 0.05) is 51.0 Å². The Bertz CT molecular complexity index is 1030. The number of benzene rings is 1. The Morgan fingerprint density at radius 1 is 1.12 bits per heavy atom. The monoisotopic (exact) mass is 473 g/mol. The van der Waals surface area contributed by atoms with Gasteiger partial charge in [-0.2, -0.15) is 4.31 Å². The highest BCUT2D eigenvalue weighted by molar-refractivity contribution is 7.89. The van der Waals surface area contributed by atoms with Gasteiger partial charge >= 0.3 is 0 Å². The Hall–Kier alpha value is -2.23. The van der Waals surface area contributed by atoms with Gasteiger partial charge in [0.15, 0.2) is 5.03 Å². The minimum atomic E-state index is -3.70. The number of carbonyl (C=O) groups excluding carboxylic acids is 1. The molecule has 1 amide bonds. The van der Waals surface area contributed by atoms with E-state index in [9.17, 15) is 13.2 Å². The number of nitrogens with zero attached hydrogens (tertiary/aromatic N) is 4. The van der Waals surface area contributed by atoms with E-state index in [2.05, 4.69) is 39.5 Å². The standard InChI is InChI=1S/C24H35N5O3S/c1-19(2)28-17-23(25-18-28)33(31,32)29-12-6-9-21(16-29)24(30)26-22-10-13-27(14-11-22)15-20-7-4-3-5-8-20/h3-5,7-8,17-19,21-22H,6,9-16H2,1-2H3,(H,26,30)/t21-/m1/s1. The molecule has 2 aliphatic rings. The van der Waals surface area contributed by atoms with E-state index in [1.54, 1.807) is 17.1 Å². The zero-order valence-electron chi connectivity index (χ0n) is 19.6. The first-order valence-corrected chi connectivity index (χ1v) is 13.4. The lowest BCUT2D eigenvalue weighted by atomic mass is 9.97. The van der Waals surface area contributed by atoms with Gasteiger partial charge in [-0.25, -0.2) is 13.4 Å². The molecule has 1 aromatic carbocycles. The van der Waals surface area contributed by atoms with Crippen LogP contribution in [-0.4, -0.2) is 65.3 Å². The van der Waals surface area contributed by atoms with Gasteiger partial charge in [0.1, 0.15) is 0 Å². The molecule has 33 heavy (non-hydrogen) atoms. The van der Waals surface area contributed by atoms with Gasteiger partial charge in [-0.1, -0.05) is 30.3 Å². The van der Waals surface area contributed by atoms with E-state index >= 15 is 0 Å². The first kappa shape index (κ1) is 23.9. The van der Waals surface area contributed by atoms with Crippen LogP contribution in [0.25, 0.3) is 0 Å². The molecule has 1 atom stereocenters. The van der Waals surface area contributed by atoms with Gasteiger partial charge in [-0.3, -0.25) is 9.69 Å². The van der Waals surface area contributed by atoms with Crippen LogP contribution in [0.2, 0.25) is 0 Å². The highest BCUT2D eigenvalue weighted by atomic mass is 32.2. The van der Waals surface area contributed by atoms with Crippen LogP contribution in [0.3, 0.4) is 0 Å². The van der Waals surface area contributed by atoms with E-state index in [-0.39, 0.29) is 35.5 Å². The maximum atomic E-state index is 13.1. The van der Waals surface area contributed by atoms with E-state index in [1.165, 1.54) is 9.87 Å². The average molecular weight is 474 g/mol. The molecule has 2 saturated heterocycles. The van der Waals surface area contributed by atoms with Gasteiger partial charge in [0.25, 0.3) is 10.0 Å². The molecule has 180 valence electrons. The van der Waals surface area contributed by atoms with Crippen molar-refractivity contribution in [3.8, 4) is 0 Å². The van der Waals surface area contributed by atoms with E-state index < -0.39 is 10.0 Å². The van der Waals surface area contributed by atoms with Crippen LogP contribution in [0.4, 0.5) is 0 Å². The average Bonchev–Trinajstić information content (AvgIpc) is 3.33. The Labute approximate surface area is 197 Å². The number of hydrogen-bond donors (Lipinski definition) is 1. The minimum Gasteiger partial charge on any atom is -0.353 e. The van der Waals surface area contributed by atoms with Crippen LogP contribution in [0.5, 0.6) is 0 Å². The Morgan fingerprint density at radius 3 is 2.52 bits per heavy atom.